The first-order valence-electron chi connectivity index (χ1n) is 7.35. The summed E-state index contributed by atoms with van der Waals surface area (Å²) in [4.78, 5) is 0.114. The van der Waals surface area contributed by atoms with Crippen LogP contribution in [0.25, 0.3) is 0 Å². The lowest BCUT2D eigenvalue weighted by Gasteiger charge is -2.24. The molecule has 0 aliphatic carbocycles. The van der Waals surface area contributed by atoms with E-state index in [0.717, 1.165) is 9.87 Å². The minimum atomic E-state index is -3.87. The second-order valence-corrected chi connectivity index (χ2v) is 7.66. The molecule has 3 nitrogen and oxygen atoms in total. The molecule has 0 amide bonds. The van der Waals surface area contributed by atoms with E-state index in [0.29, 0.717) is 11.3 Å². The number of para-hydroxylation sites is 1. The van der Waals surface area contributed by atoms with Crippen molar-refractivity contribution >= 4 is 15.7 Å². The van der Waals surface area contributed by atoms with Crippen molar-refractivity contribution in [3.63, 3.8) is 0 Å². The third-order valence-corrected chi connectivity index (χ3v) is 5.83. The Morgan fingerprint density at radius 1 is 1.04 bits per heavy atom. The number of hydrogen-bond acceptors (Lipinski definition) is 2. The fraction of sp³-hybridized carbons (Fsp3) is 0.294. The Morgan fingerprint density at radius 2 is 1.70 bits per heavy atom. The standard InChI is InChI=1S/C17H17F2NO2S/c1-13-6-8-15(9-7-13)23(21,22)20-11-10-17(18,19)12-14-4-2-3-5-16(14)20/h2-9H,10-12H2,1H3. The molecule has 1 heterocycles. The Bertz CT molecular complexity index is 817. The number of halogens is 2. The molecular formula is C17H17F2NO2S. The number of aryl methyl sites for hydroxylation is 1. The maximum atomic E-state index is 13.9. The van der Waals surface area contributed by atoms with E-state index in [1.165, 1.54) is 12.1 Å². The van der Waals surface area contributed by atoms with E-state index in [9.17, 15) is 17.2 Å². The zero-order valence-electron chi connectivity index (χ0n) is 12.7. The number of sulfonamides is 1. The predicted molar refractivity (Wildman–Crippen MR) is 85.4 cm³/mol. The van der Waals surface area contributed by atoms with E-state index in [4.69, 9.17) is 0 Å². The largest absolute Gasteiger partial charge is 0.266 e. The number of fused-ring (bicyclic) bond motifs is 1. The van der Waals surface area contributed by atoms with Crippen molar-refractivity contribution in [2.75, 3.05) is 10.8 Å². The normalized spacial score (nSPS) is 17.4. The van der Waals surface area contributed by atoms with Crippen LogP contribution in [-0.2, 0) is 16.4 Å². The zero-order valence-corrected chi connectivity index (χ0v) is 13.5. The van der Waals surface area contributed by atoms with Crippen LogP contribution in [0.2, 0.25) is 0 Å². The molecule has 3 rings (SSSR count). The van der Waals surface area contributed by atoms with Crippen LogP contribution in [0, 0.1) is 6.92 Å². The number of alkyl halides is 2. The van der Waals surface area contributed by atoms with Crippen molar-refractivity contribution in [2.45, 2.75) is 30.6 Å². The van der Waals surface area contributed by atoms with Crippen molar-refractivity contribution in [3.8, 4) is 0 Å². The summed E-state index contributed by atoms with van der Waals surface area (Å²) in [7, 11) is -3.87. The van der Waals surface area contributed by atoms with Crippen molar-refractivity contribution in [2.24, 2.45) is 0 Å². The maximum absolute atomic E-state index is 13.9. The molecule has 6 heteroatoms. The van der Waals surface area contributed by atoms with Crippen LogP contribution in [0.3, 0.4) is 0 Å². The smallest absolute Gasteiger partial charge is 0.264 e. The van der Waals surface area contributed by atoms with Crippen LogP contribution >= 0.6 is 0 Å². The van der Waals surface area contributed by atoms with Gasteiger partial charge in [0.05, 0.1) is 10.6 Å². The van der Waals surface area contributed by atoms with Gasteiger partial charge in [-0.3, -0.25) is 4.31 Å². The topological polar surface area (TPSA) is 37.4 Å². The van der Waals surface area contributed by atoms with Gasteiger partial charge in [0.15, 0.2) is 0 Å². The van der Waals surface area contributed by atoms with Gasteiger partial charge in [-0.25, -0.2) is 17.2 Å². The fourth-order valence-corrected chi connectivity index (χ4v) is 4.25. The van der Waals surface area contributed by atoms with Gasteiger partial charge in [-0.05, 0) is 30.7 Å². The Kier molecular flexibility index (Phi) is 3.88. The summed E-state index contributed by atoms with van der Waals surface area (Å²) in [5.41, 5.74) is 1.63. The Hall–Kier alpha value is -1.95. The highest BCUT2D eigenvalue weighted by Gasteiger charge is 2.38. The molecule has 0 radical (unpaired) electrons. The lowest BCUT2D eigenvalue weighted by Crippen LogP contribution is -2.33. The first-order chi connectivity index (χ1) is 10.8. The lowest BCUT2D eigenvalue weighted by atomic mass is 10.1. The zero-order chi connectivity index (χ0) is 16.7. The Balaban J connectivity index is 2.10. The highest BCUT2D eigenvalue weighted by molar-refractivity contribution is 7.92. The molecule has 0 spiro atoms. The number of hydrogen-bond donors (Lipinski definition) is 0. The third kappa shape index (κ3) is 3.08. The second-order valence-electron chi connectivity index (χ2n) is 5.80. The van der Waals surface area contributed by atoms with Gasteiger partial charge in [0.2, 0.25) is 0 Å². The van der Waals surface area contributed by atoms with Gasteiger partial charge in [-0.1, -0.05) is 35.9 Å². The molecule has 0 saturated carbocycles. The van der Waals surface area contributed by atoms with Crippen LogP contribution in [-0.4, -0.2) is 20.9 Å². The van der Waals surface area contributed by atoms with E-state index in [1.807, 2.05) is 6.92 Å². The van der Waals surface area contributed by atoms with Gasteiger partial charge >= 0.3 is 0 Å². The van der Waals surface area contributed by atoms with Crippen molar-refractivity contribution in [3.05, 3.63) is 59.7 Å². The molecule has 1 aliphatic heterocycles. The minimum Gasteiger partial charge on any atom is -0.266 e. The van der Waals surface area contributed by atoms with Crippen molar-refractivity contribution < 1.29 is 17.2 Å². The van der Waals surface area contributed by atoms with Crippen LogP contribution in [0.15, 0.2) is 53.4 Å². The third-order valence-electron chi connectivity index (χ3n) is 4.00. The van der Waals surface area contributed by atoms with Gasteiger partial charge < -0.3 is 0 Å². The van der Waals surface area contributed by atoms with Gasteiger partial charge in [0, 0.05) is 19.4 Å². The quantitative estimate of drug-likeness (QED) is 0.836. The van der Waals surface area contributed by atoms with E-state index in [2.05, 4.69) is 0 Å². The van der Waals surface area contributed by atoms with Gasteiger partial charge in [-0.15, -0.1) is 0 Å². The van der Waals surface area contributed by atoms with Gasteiger partial charge in [0.25, 0.3) is 15.9 Å². The number of benzene rings is 2. The van der Waals surface area contributed by atoms with E-state index in [-0.39, 0.29) is 11.4 Å². The van der Waals surface area contributed by atoms with Gasteiger partial charge in [0.1, 0.15) is 0 Å². The molecule has 2 aromatic carbocycles. The van der Waals surface area contributed by atoms with E-state index < -0.39 is 28.8 Å². The van der Waals surface area contributed by atoms with Crippen LogP contribution in [0.5, 0.6) is 0 Å². The van der Waals surface area contributed by atoms with Crippen molar-refractivity contribution in [1.29, 1.82) is 0 Å². The highest BCUT2D eigenvalue weighted by atomic mass is 32.2. The molecular weight excluding hydrogens is 320 g/mol. The number of anilines is 1. The molecule has 0 aromatic heterocycles. The SMILES string of the molecule is Cc1ccc(S(=O)(=O)N2CCC(F)(F)Cc3ccccc32)cc1. The molecule has 1 aliphatic rings. The lowest BCUT2D eigenvalue weighted by molar-refractivity contribution is -0.00242. The molecule has 23 heavy (non-hydrogen) atoms. The molecule has 0 saturated heterocycles. The van der Waals surface area contributed by atoms with E-state index in [1.54, 1.807) is 36.4 Å². The average Bonchev–Trinajstić information content (AvgIpc) is 2.62. The Labute approximate surface area is 134 Å². The molecule has 0 atom stereocenters. The van der Waals surface area contributed by atoms with Crippen LogP contribution < -0.4 is 4.31 Å². The molecule has 122 valence electrons. The summed E-state index contributed by atoms with van der Waals surface area (Å²) in [6.07, 6.45) is -0.935. The highest BCUT2D eigenvalue weighted by Crippen LogP contribution is 2.36. The fourth-order valence-electron chi connectivity index (χ4n) is 2.74. The Morgan fingerprint density at radius 3 is 2.39 bits per heavy atom. The first kappa shape index (κ1) is 15.9. The molecule has 0 unspecified atom stereocenters. The van der Waals surface area contributed by atoms with Gasteiger partial charge in [-0.2, -0.15) is 0 Å². The predicted octanol–water partition coefficient (Wildman–Crippen LogP) is 3.77. The number of rotatable bonds is 2. The summed E-state index contributed by atoms with van der Waals surface area (Å²) in [5.74, 6) is -2.91. The second kappa shape index (κ2) is 5.60. The summed E-state index contributed by atoms with van der Waals surface area (Å²) in [6.45, 7) is 1.62. The minimum absolute atomic E-state index is 0.114. The first-order valence-corrected chi connectivity index (χ1v) is 8.79. The maximum Gasteiger partial charge on any atom is 0.264 e. The molecule has 0 fully saturated rings. The molecule has 2 aromatic rings. The summed E-state index contributed by atoms with van der Waals surface area (Å²) < 4.78 is 54.8. The van der Waals surface area contributed by atoms with Crippen LogP contribution in [0.1, 0.15) is 17.5 Å². The monoisotopic (exact) mass is 337 g/mol. The van der Waals surface area contributed by atoms with Crippen LogP contribution in [0.4, 0.5) is 14.5 Å². The average molecular weight is 337 g/mol. The van der Waals surface area contributed by atoms with E-state index >= 15 is 0 Å². The summed E-state index contributed by atoms with van der Waals surface area (Å²) >= 11 is 0. The number of nitrogens with zero attached hydrogens (tertiary/aromatic N) is 1. The molecule has 0 N–H and O–H groups in total. The summed E-state index contributed by atoms with van der Waals surface area (Å²) in [5, 5.41) is 0. The van der Waals surface area contributed by atoms with Crippen molar-refractivity contribution in [1.82, 2.24) is 0 Å². The molecule has 0 bridgehead atoms. The summed E-state index contributed by atoms with van der Waals surface area (Å²) in [6, 6.07) is 12.9.